The molecule has 2 fully saturated rings. The quantitative estimate of drug-likeness (QED) is 0.711. The molecular weight excluding hydrogens is 166 g/mol. The molecule has 0 spiro atoms. The van der Waals surface area contributed by atoms with E-state index in [1.54, 1.807) is 0 Å². The molecule has 3 nitrogen and oxygen atoms in total. The van der Waals surface area contributed by atoms with Gasteiger partial charge >= 0.3 is 0 Å². The minimum absolute atomic E-state index is 0.345. The summed E-state index contributed by atoms with van der Waals surface area (Å²) < 4.78 is 11.3. The van der Waals surface area contributed by atoms with Gasteiger partial charge in [0, 0.05) is 6.61 Å². The van der Waals surface area contributed by atoms with Crippen molar-refractivity contribution >= 4 is 0 Å². The van der Waals surface area contributed by atoms with Crippen LogP contribution < -0.4 is 5.73 Å². The van der Waals surface area contributed by atoms with E-state index in [2.05, 4.69) is 0 Å². The molecular formula is C10H19NO2. The molecule has 76 valence electrons. The molecule has 1 aliphatic carbocycles. The van der Waals surface area contributed by atoms with Crippen molar-refractivity contribution < 1.29 is 9.47 Å². The highest BCUT2D eigenvalue weighted by Crippen LogP contribution is 2.29. The number of hydrogen-bond donors (Lipinski definition) is 1. The topological polar surface area (TPSA) is 44.5 Å². The highest BCUT2D eigenvalue weighted by molar-refractivity contribution is 4.80. The third-order valence-corrected chi connectivity index (χ3v) is 3.15. The van der Waals surface area contributed by atoms with E-state index in [0.29, 0.717) is 18.1 Å². The first-order valence-corrected chi connectivity index (χ1v) is 5.33. The van der Waals surface area contributed by atoms with Gasteiger partial charge in [0.1, 0.15) is 0 Å². The van der Waals surface area contributed by atoms with Gasteiger partial charge in [0.05, 0.1) is 18.8 Å². The lowest BCUT2D eigenvalue weighted by atomic mass is 10.1. The van der Waals surface area contributed by atoms with Gasteiger partial charge in [-0.2, -0.15) is 0 Å². The maximum atomic E-state index is 5.97. The second-order valence-corrected chi connectivity index (χ2v) is 4.09. The third-order valence-electron chi connectivity index (χ3n) is 3.15. The molecule has 2 rings (SSSR count). The molecule has 0 aromatic heterocycles. The average Bonchev–Trinajstić information content (AvgIpc) is 2.76. The molecule has 13 heavy (non-hydrogen) atoms. The Labute approximate surface area is 79.6 Å². The van der Waals surface area contributed by atoms with Crippen molar-refractivity contribution in [3.63, 3.8) is 0 Å². The number of rotatable bonds is 3. The summed E-state index contributed by atoms with van der Waals surface area (Å²) in [6.45, 7) is 2.43. The van der Waals surface area contributed by atoms with Crippen molar-refractivity contribution in [1.29, 1.82) is 0 Å². The normalized spacial score (nSPS) is 39.9. The Morgan fingerprint density at radius 1 is 1.31 bits per heavy atom. The van der Waals surface area contributed by atoms with E-state index in [-0.39, 0.29) is 0 Å². The lowest BCUT2D eigenvalue weighted by Gasteiger charge is -2.21. The fourth-order valence-electron chi connectivity index (χ4n) is 2.32. The van der Waals surface area contributed by atoms with Crippen molar-refractivity contribution in [1.82, 2.24) is 0 Å². The maximum Gasteiger partial charge on any atom is 0.0834 e. The van der Waals surface area contributed by atoms with Gasteiger partial charge in [-0.3, -0.25) is 0 Å². The zero-order valence-corrected chi connectivity index (χ0v) is 8.08. The van der Waals surface area contributed by atoms with Crippen LogP contribution >= 0.6 is 0 Å². The van der Waals surface area contributed by atoms with Crippen molar-refractivity contribution in [3.05, 3.63) is 0 Å². The Bertz CT molecular complexity index is 157. The van der Waals surface area contributed by atoms with E-state index in [0.717, 1.165) is 26.2 Å². The first-order chi connectivity index (χ1) is 6.40. The highest BCUT2D eigenvalue weighted by atomic mass is 16.6. The van der Waals surface area contributed by atoms with Gasteiger partial charge in [0.15, 0.2) is 0 Å². The van der Waals surface area contributed by atoms with E-state index in [4.69, 9.17) is 15.2 Å². The van der Waals surface area contributed by atoms with Crippen LogP contribution in [-0.4, -0.2) is 32.0 Å². The molecule has 2 aliphatic rings. The monoisotopic (exact) mass is 185 g/mol. The summed E-state index contributed by atoms with van der Waals surface area (Å²) in [6, 6.07) is 0. The summed E-state index contributed by atoms with van der Waals surface area (Å²) >= 11 is 0. The van der Waals surface area contributed by atoms with E-state index in [1.165, 1.54) is 19.3 Å². The van der Waals surface area contributed by atoms with Gasteiger partial charge in [0.2, 0.25) is 0 Å². The molecule has 3 atom stereocenters. The van der Waals surface area contributed by atoms with Crippen molar-refractivity contribution in [2.75, 3.05) is 19.8 Å². The Morgan fingerprint density at radius 3 is 2.92 bits per heavy atom. The van der Waals surface area contributed by atoms with Crippen LogP contribution in [0.3, 0.4) is 0 Å². The molecule has 2 N–H and O–H groups in total. The highest BCUT2D eigenvalue weighted by Gasteiger charge is 2.30. The number of nitrogens with two attached hydrogens (primary N) is 1. The average molecular weight is 185 g/mol. The van der Waals surface area contributed by atoms with Crippen LogP contribution in [0.15, 0.2) is 0 Å². The molecule has 1 heterocycles. The van der Waals surface area contributed by atoms with Crippen LogP contribution in [0.1, 0.15) is 25.7 Å². The molecule has 1 saturated carbocycles. The van der Waals surface area contributed by atoms with Crippen LogP contribution in [0, 0.1) is 5.92 Å². The van der Waals surface area contributed by atoms with Gasteiger partial charge in [-0.05, 0) is 31.7 Å². The summed E-state index contributed by atoms with van der Waals surface area (Å²) in [5, 5.41) is 0. The molecule has 3 heteroatoms. The first kappa shape index (κ1) is 9.44. The lowest BCUT2D eigenvalue weighted by Crippen LogP contribution is -2.29. The fourth-order valence-corrected chi connectivity index (χ4v) is 2.32. The zero-order valence-electron chi connectivity index (χ0n) is 8.08. The Morgan fingerprint density at radius 2 is 2.23 bits per heavy atom. The minimum atomic E-state index is 0.345. The smallest absolute Gasteiger partial charge is 0.0834 e. The van der Waals surface area contributed by atoms with E-state index in [1.807, 2.05) is 0 Å². The second kappa shape index (κ2) is 4.40. The summed E-state index contributed by atoms with van der Waals surface area (Å²) in [5.74, 6) is 0.598. The molecule has 0 aromatic rings. The minimum Gasteiger partial charge on any atom is -0.379 e. The van der Waals surface area contributed by atoms with E-state index >= 15 is 0 Å². The van der Waals surface area contributed by atoms with Gasteiger partial charge in [-0.1, -0.05) is 6.42 Å². The third kappa shape index (κ3) is 2.22. The SMILES string of the molecule is NCC1CCCC1OC1CCOC1. The van der Waals surface area contributed by atoms with Crippen molar-refractivity contribution in [3.8, 4) is 0 Å². The number of hydrogen-bond acceptors (Lipinski definition) is 3. The fraction of sp³-hybridized carbons (Fsp3) is 1.00. The van der Waals surface area contributed by atoms with Crippen LogP contribution in [0.2, 0.25) is 0 Å². The van der Waals surface area contributed by atoms with Gasteiger partial charge < -0.3 is 15.2 Å². The molecule has 1 aliphatic heterocycles. The summed E-state index contributed by atoms with van der Waals surface area (Å²) in [7, 11) is 0. The first-order valence-electron chi connectivity index (χ1n) is 5.33. The van der Waals surface area contributed by atoms with E-state index < -0.39 is 0 Å². The van der Waals surface area contributed by atoms with Crippen molar-refractivity contribution in [2.24, 2.45) is 11.7 Å². The molecule has 0 amide bonds. The summed E-state index contributed by atoms with van der Waals surface area (Å²) in [5.41, 5.74) is 5.69. The molecule has 0 aromatic carbocycles. The number of ether oxygens (including phenoxy) is 2. The molecule has 1 saturated heterocycles. The summed E-state index contributed by atoms with van der Waals surface area (Å²) in [6.07, 6.45) is 5.54. The Hall–Kier alpha value is -0.120. The molecule has 3 unspecified atom stereocenters. The van der Waals surface area contributed by atoms with E-state index in [9.17, 15) is 0 Å². The summed E-state index contributed by atoms with van der Waals surface area (Å²) in [4.78, 5) is 0. The standard InChI is InChI=1S/C10H19NO2/c11-6-8-2-1-3-10(8)13-9-4-5-12-7-9/h8-10H,1-7,11H2. The Kier molecular flexibility index (Phi) is 3.19. The second-order valence-electron chi connectivity index (χ2n) is 4.09. The molecule has 0 radical (unpaired) electrons. The van der Waals surface area contributed by atoms with Gasteiger partial charge in [-0.15, -0.1) is 0 Å². The Balaban J connectivity index is 1.79. The largest absolute Gasteiger partial charge is 0.379 e. The van der Waals surface area contributed by atoms with Crippen molar-refractivity contribution in [2.45, 2.75) is 37.9 Å². The van der Waals surface area contributed by atoms with Crippen LogP contribution in [0.5, 0.6) is 0 Å². The van der Waals surface area contributed by atoms with Crippen LogP contribution in [0.4, 0.5) is 0 Å². The predicted octanol–water partition coefficient (Wildman–Crippen LogP) is 0.919. The van der Waals surface area contributed by atoms with Gasteiger partial charge in [0.25, 0.3) is 0 Å². The van der Waals surface area contributed by atoms with Crippen LogP contribution in [0.25, 0.3) is 0 Å². The predicted molar refractivity (Wildman–Crippen MR) is 50.5 cm³/mol. The lowest BCUT2D eigenvalue weighted by molar-refractivity contribution is -0.0316. The molecule has 0 bridgehead atoms. The maximum absolute atomic E-state index is 5.97. The zero-order chi connectivity index (χ0) is 9.10. The van der Waals surface area contributed by atoms with Gasteiger partial charge in [-0.25, -0.2) is 0 Å². The van der Waals surface area contributed by atoms with Crippen LogP contribution in [-0.2, 0) is 9.47 Å².